The van der Waals surface area contributed by atoms with Gasteiger partial charge < -0.3 is 9.57 Å². The standard InChI is InChI=1S/C22H17ClN2O2/c23-22-8-4-3-7-20(22)15-26-21-11-9-17(10-12-21)14-25-27-16-19-6-2-1-5-18(19)13-24/h1-12,14H,15-16H2/b25-14-. The summed E-state index contributed by atoms with van der Waals surface area (Å²) in [6.07, 6.45) is 1.62. The monoisotopic (exact) mass is 376 g/mol. The van der Waals surface area contributed by atoms with Gasteiger partial charge in [0.05, 0.1) is 17.8 Å². The van der Waals surface area contributed by atoms with Crippen LogP contribution in [0.2, 0.25) is 5.02 Å². The SMILES string of the molecule is N#Cc1ccccc1CO/N=C\c1ccc(OCc2ccccc2Cl)cc1. The Kier molecular flexibility index (Phi) is 6.45. The molecular weight excluding hydrogens is 360 g/mol. The fourth-order valence-electron chi connectivity index (χ4n) is 2.39. The molecule has 0 spiro atoms. The van der Waals surface area contributed by atoms with Gasteiger partial charge in [-0.1, -0.05) is 53.2 Å². The van der Waals surface area contributed by atoms with Gasteiger partial charge in [0, 0.05) is 16.1 Å². The van der Waals surface area contributed by atoms with Gasteiger partial charge in [0.25, 0.3) is 0 Å². The molecule has 0 aliphatic rings. The molecule has 3 aromatic carbocycles. The van der Waals surface area contributed by atoms with Crippen LogP contribution in [-0.2, 0) is 18.1 Å². The smallest absolute Gasteiger partial charge is 0.143 e. The molecule has 0 amide bonds. The first-order chi connectivity index (χ1) is 13.3. The van der Waals surface area contributed by atoms with Gasteiger partial charge in [-0.3, -0.25) is 0 Å². The number of hydrogen-bond donors (Lipinski definition) is 0. The third-order valence-electron chi connectivity index (χ3n) is 3.87. The molecule has 3 aromatic rings. The van der Waals surface area contributed by atoms with Crippen molar-refractivity contribution in [3.63, 3.8) is 0 Å². The molecule has 0 N–H and O–H groups in total. The molecule has 0 saturated carbocycles. The summed E-state index contributed by atoms with van der Waals surface area (Å²) in [6.45, 7) is 0.661. The lowest BCUT2D eigenvalue weighted by atomic mass is 10.1. The van der Waals surface area contributed by atoms with E-state index in [4.69, 9.17) is 26.4 Å². The Morgan fingerprint density at radius 1 is 0.889 bits per heavy atom. The molecule has 0 aliphatic carbocycles. The lowest BCUT2D eigenvalue weighted by Crippen LogP contribution is -1.96. The van der Waals surface area contributed by atoms with Crippen LogP contribution in [0.25, 0.3) is 0 Å². The highest BCUT2D eigenvalue weighted by Crippen LogP contribution is 2.18. The van der Waals surface area contributed by atoms with E-state index in [0.717, 1.165) is 22.4 Å². The number of ether oxygens (including phenoxy) is 1. The van der Waals surface area contributed by atoms with Crippen LogP contribution in [0.5, 0.6) is 5.75 Å². The normalized spacial score (nSPS) is 10.5. The Hall–Kier alpha value is -3.29. The van der Waals surface area contributed by atoms with E-state index in [9.17, 15) is 0 Å². The highest BCUT2D eigenvalue weighted by Gasteiger charge is 2.01. The summed E-state index contributed by atoms with van der Waals surface area (Å²) >= 11 is 6.12. The van der Waals surface area contributed by atoms with Crippen molar-refractivity contribution >= 4 is 17.8 Å². The second-order valence-corrected chi connectivity index (χ2v) is 6.13. The van der Waals surface area contributed by atoms with E-state index in [1.165, 1.54) is 0 Å². The van der Waals surface area contributed by atoms with E-state index in [2.05, 4.69) is 11.2 Å². The third-order valence-corrected chi connectivity index (χ3v) is 4.24. The van der Waals surface area contributed by atoms with Crippen LogP contribution in [0.15, 0.2) is 78.0 Å². The fraction of sp³-hybridized carbons (Fsp3) is 0.0909. The summed E-state index contributed by atoms with van der Waals surface area (Å²) in [4.78, 5) is 5.29. The van der Waals surface area contributed by atoms with Gasteiger partial charge in [-0.15, -0.1) is 0 Å². The van der Waals surface area contributed by atoms with Crippen LogP contribution in [0.4, 0.5) is 0 Å². The Balaban J connectivity index is 1.51. The Labute approximate surface area is 163 Å². The number of halogens is 1. The Bertz CT molecular complexity index is 963. The van der Waals surface area contributed by atoms with Crippen molar-refractivity contribution in [2.75, 3.05) is 0 Å². The number of rotatable bonds is 7. The van der Waals surface area contributed by atoms with Gasteiger partial charge >= 0.3 is 0 Å². The number of benzene rings is 3. The second-order valence-electron chi connectivity index (χ2n) is 5.73. The quantitative estimate of drug-likeness (QED) is 0.413. The maximum atomic E-state index is 9.05. The summed E-state index contributed by atoms with van der Waals surface area (Å²) in [5.41, 5.74) is 3.22. The highest BCUT2D eigenvalue weighted by atomic mass is 35.5. The lowest BCUT2D eigenvalue weighted by molar-refractivity contribution is 0.132. The first-order valence-electron chi connectivity index (χ1n) is 8.36. The van der Waals surface area contributed by atoms with Crippen molar-refractivity contribution in [1.82, 2.24) is 0 Å². The van der Waals surface area contributed by atoms with Crippen molar-refractivity contribution in [2.45, 2.75) is 13.2 Å². The van der Waals surface area contributed by atoms with Crippen molar-refractivity contribution in [3.05, 3.63) is 100 Å². The van der Waals surface area contributed by atoms with Crippen molar-refractivity contribution in [1.29, 1.82) is 5.26 Å². The molecule has 0 saturated heterocycles. The predicted molar refractivity (Wildman–Crippen MR) is 106 cm³/mol. The molecular formula is C22H17ClN2O2. The highest BCUT2D eigenvalue weighted by molar-refractivity contribution is 6.31. The van der Waals surface area contributed by atoms with Crippen molar-refractivity contribution in [3.8, 4) is 11.8 Å². The lowest BCUT2D eigenvalue weighted by Gasteiger charge is -2.07. The molecule has 0 atom stereocenters. The Morgan fingerprint density at radius 3 is 2.33 bits per heavy atom. The molecule has 0 bridgehead atoms. The van der Waals surface area contributed by atoms with Crippen molar-refractivity contribution < 1.29 is 9.57 Å². The summed E-state index contributed by atoms with van der Waals surface area (Å²) in [5, 5.41) is 13.7. The minimum absolute atomic E-state index is 0.249. The van der Waals surface area contributed by atoms with Crippen molar-refractivity contribution in [2.24, 2.45) is 5.16 Å². The molecule has 0 radical (unpaired) electrons. The average molecular weight is 377 g/mol. The summed E-state index contributed by atoms with van der Waals surface area (Å²) in [7, 11) is 0. The second kappa shape index (κ2) is 9.42. The summed E-state index contributed by atoms with van der Waals surface area (Å²) in [5.74, 6) is 0.746. The van der Waals surface area contributed by atoms with Gasteiger partial charge in [0.2, 0.25) is 0 Å². The molecule has 4 nitrogen and oxygen atoms in total. The Morgan fingerprint density at radius 2 is 1.59 bits per heavy atom. The minimum Gasteiger partial charge on any atom is -0.489 e. The van der Waals surface area contributed by atoms with Gasteiger partial charge in [-0.05, 0) is 42.0 Å². The first-order valence-corrected chi connectivity index (χ1v) is 8.73. The largest absolute Gasteiger partial charge is 0.489 e. The van der Waals surface area contributed by atoms with Gasteiger partial charge in [0.15, 0.2) is 0 Å². The molecule has 134 valence electrons. The number of oxime groups is 1. The number of hydrogen-bond acceptors (Lipinski definition) is 4. The average Bonchev–Trinajstić information content (AvgIpc) is 2.72. The van der Waals surface area contributed by atoms with E-state index in [0.29, 0.717) is 17.2 Å². The molecule has 0 heterocycles. The molecule has 0 unspecified atom stereocenters. The maximum absolute atomic E-state index is 9.05. The zero-order valence-electron chi connectivity index (χ0n) is 14.5. The van der Waals surface area contributed by atoms with Crippen LogP contribution in [0.1, 0.15) is 22.3 Å². The van der Waals surface area contributed by atoms with E-state index in [1.54, 1.807) is 12.3 Å². The zero-order chi connectivity index (χ0) is 18.9. The van der Waals surface area contributed by atoms with E-state index >= 15 is 0 Å². The topological polar surface area (TPSA) is 54.6 Å². The van der Waals surface area contributed by atoms with Crippen LogP contribution < -0.4 is 4.74 Å². The van der Waals surface area contributed by atoms with E-state index in [1.807, 2.05) is 66.7 Å². The number of nitriles is 1. The molecule has 3 rings (SSSR count). The molecule has 0 fully saturated rings. The maximum Gasteiger partial charge on any atom is 0.143 e. The van der Waals surface area contributed by atoms with E-state index < -0.39 is 0 Å². The van der Waals surface area contributed by atoms with Gasteiger partial charge in [0.1, 0.15) is 19.0 Å². The van der Waals surface area contributed by atoms with Crippen LogP contribution in [-0.4, -0.2) is 6.21 Å². The van der Waals surface area contributed by atoms with E-state index in [-0.39, 0.29) is 6.61 Å². The third kappa shape index (κ3) is 5.34. The molecule has 5 heteroatoms. The fourth-order valence-corrected chi connectivity index (χ4v) is 2.58. The minimum atomic E-state index is 0.249. The molecule has 0 aromatic heterocycles. The molecule has 27 heavy (non-hydrogen) atoms. The van der Waals surface area contributed by atoms with Crippen LogP contribution in [0.3, 0.4) is 0 Å². The van der Waals surface area contributed by atoms with Gasteiger partial charge in [-0.2, -0.15) is 5.26 Å². The van der Waals surface area contributed by atoms with Crippen LogP contribution in [0, 0.1) is 11.3 Å². The predicted octanol–water partition coefficient (Wildman–Crippen LogP) is 5.34. The first kappa shape index (κ1) is 18.5. The molecule has 0 aliphatic heterocycles. The summed E-state index contributed by atoms with van der Waals surface area (Å²) in [6, 6.07) is 24.5. The summed E-state index contributed by atoms with van der Waals surface area (Å²) < 4.78 is 5.75. The van der Waals surface area contributed by atoms with Gasteiger partial charge in [-0.25, -0.2) is 0 Å². The zero-order valence-corrected chi connectivity index (χ0v) is 15.3. The van der Waals surface area contributed by atoms with Crippen LogP contribution >= 0.6 is 11.6 Å². The number of nitrogens with zero attached hydrogens (tertiary/aromatic N) is 2.